The number of hydrogen-bond acceptors (Lipinski definition) is 5. The summed E-state index contributed by atoms with van der Waals surface area (Å²) in [5.74, 6) is -0.167. The predicted molar refractivity (Wildman–Crippen MR) is 104 cm³/mol. The lowest BCUT2D eigenvalue weighted by molar-refractivity contribution is -0.136. The lowest BCUT2D eigenvalue weighted by Gasteiger charge is -2.18. The molecular formula is C22H21NO5. The molecule has 6 heteroatoms. The van der Waals surface area contributed by atoms with Crippen molar-refractivity contribution >= 4 is 18.0 Å². The number of para-hydroxylation sites is 1. The Balaban J connectivity index is 2.01. The van der Waals surface area contributed by atoms with Crippen molar-refractivity contribution in [3.63, 3.8) is 0 Å². The summed E-state index contributed by atoms with van der Waals surface area (Å²) in [6.45, 7) is 2.01. The first kappa shape index (κ1) is 19.2. The second kappa shape index (κ2) is 8.00. The number of phenols is 1. The number of carbonyl (C=O) groups is 2. The number of esters is 1. The Morgan fingerprint density at radius 1 is 1.11 bits per heavy atom. The molecule has 28 heavy (non-hydrogen) atoms. The zero-order chi connectivity index (χ0) is 20.3. The molecule has 0 spiro atoms. The molecule has 1 aliphatic heterocycles. The number of methoxy groups -OCH3 is 2. The first-order valence-corrected chi connectivity index (χ1v) is 8.70. The van der Waals surface area contributed by atoms with Crippen molar-refractivity contribution in [2.75, 3.05) is 14.2 Å². The maximum Gasteiger partial charge on any atom is 0.340 e. The summed E-state index contributed by atoms with van der Waals surface area (Å²) >= 11 is 0. The highest BCUT2D eigenvalue weighted by atomic mass is 16.5. The van der Waals surface area contributed by atoms with Crippen molar-refractivity contribution in [1.29, 1.82) is 0 Å². The maximum absolute atomic E-state index is 13.1. The highest BCUT2D eigenvalue weighted by Gasteiger charge is 2.37. The van der Waals surface area contributed by atoms with E-state index >= 15 is 0 Å². The van der Waals surface area contributed by atoms with E-state index in [1.165, 1.54) is 24.2 Å². The summed E-state index contributed by atoms with van der Waals surface area (Å²) in [5, 5.41) is 10.0. The van der Waals surface area contributed by atoms with E-state index in [0.717, 1.165) is 11.3 Å². The second-order valence-electron chi connectivity index (χ2n) is 6.31. The van der Waals surface area contributed by atoms with Crippen LogP contribution in [0.3, 0.4) is 0 Å². The van der Waals surface area contributed by atoms with E-state index in [0.29, 0.717) is 17.8 Å². The van der Waals surface area contributed by atoms with Gasteiger partial charge in [0.05, 0.1) is 31.9 Å². The quantitative estimate of drug-likeness (QED) is 0.637. The van der Waals surface area contributed by atoms with Crippen LogP contribution in [0.5, 0.6) is 11.5 Å². The molecule has 2 aromatic carbocycles. The Kier molecular flexibility index (Phi) is 5.49. The molecule has 0 saturated carbocycles. The first-order valence-electron chi connectivity index (χ1n) is 8.70. The number of allylic oxidation sites excluding steroid dienone is 1. The van der Waals surface area contributed by atoms with Gasteiger partial charge in [0.25, 0.3) is 5.91 Å². The van der Waals surface area contributed by atoms with Crippen LogP contribution in [0, 0.1) is 0 Å². The smallest absolute Gasteiger partial charge is 0.340 e. The monoisotopic (exact) mass is 379 g/mol. The van der Waals surface area contributed by atoms with Gasteiger partial charge in [-0.1, -0.05) is 30.3 Å². The molecule has 0 bridgehead atoms. The molecule has 1 heterocycles. The number of benzene rings is 2. The number of nitrogens with zero attached hydrogens (tertiary/aromatic N) is 1. The number of rotatable bonds is 5. The molecule has 1 N–H and O–H groups in total. The van der Waals surface area contributed by atoms with Gasteiger partial charge in [0, 0.05) is 11.3 Å². The van der Waals surface area contributed by atoms with Crippen LogP contribution in [0.25, 0.3) is 6.08 Å². The SMILES string of the molecule is COC(=O)C1=C(C)N(Cc2ccc(OC)cc2)C(=O)/C1=C\c1ccccc1O. The molecule has 0 atom stereocenters. The normalized spacial score (nSPS) is 15.3. The zero-order valence-electron chi connectivity index (χ0n) is 15.9. The molecule has 6 nitrogen and oxygen atoms in total. The third-order valence-electron chi connectivity index (χ3n) is 4.64. The largest absolute Gasteiger partial charge is 0.507 e. The van der Waals surface area contributed by atoms with Gasteiger partial charge in [-0.25, -0.2) is 4.79 Å². The molecule has 0 aliphatic carbocycles. The van der Waals surface area contributed by atoms with Crippen molar-refractivity contribution in [1.82, 2.24) is 4.90 Å². The minimum absolute atomic E-state index is 0.0262. The molecule has 0 aromatic heterocycles. The molecule has 1 amide bonds. The van der Waals surface area contributed by atoms with E-state index in [-0.39, 0.29) is 22.8 Å². The molecular weight excluding hydrogens is 358 g/mol. The second-order valence-corrected chi connectivity index (χ2v) is 6.31. The van der Waals surface area contributed by atoms with Gasteiger partial charge in [0.15, 0.2) is 0 Å². The van der Waals surface area contributed by atoms with Gasteiger partial charge in [-0.05, 0) is 36.8 Å². The summed E-state index contributed by atoms with van der Waals surface area (Å²) in [7, 11) is 2.86. The van der Waals surface area contributed by atoms with E-state index in [2.05, 4.69) is 0 Å². The van der Waals surface area contributed by atoms with Crippen LogP contribution in [0.15, 0.2) is 65.4 Å². The maximum atomic E-state index is 13.1. The van der Waals surface area contributed by atoms with Gasteiger partial charge in [0.1, 0.15) is 11.5 Å². The molecule has 3 rings (SSSR count). The fourth-order valence-corrected chi connectivity index (χ4v) is 3.10. The van der Waals surface area contributed by atoms with Crippen LogP contribution in [0.2, 0.25) is 0 Å². The number of ether oxygens (including phenoxy) is 2. The van der Waals surface area contributed by atoms with Gasteiger partial charge < -0.3 is 19.5 Å². The Morgan fingerprint density at radius 2 is 1.79 bits per heavy atom. The Hall–Kier alpha value is -3.54. The third kappa shape index (κ3) is 3.62. The van der Waals surface area contributed by atoms with Crippen molar-refractivity contribution in [2.45, 2.75) is 13.5 Å². The number of carbonyl (C=O) groups excluding carboxylic acids is 2. The Labute approximate surface area is 163 Å². The number of hydrogen-bond donors (Lipinski definition) is 1. The van der Waals surface area contributed by atoms with Crippen molar-refractivity contribution in [3.05, 3.63) is 76.5 Å². The molecule has 144 valence electrons. The number of phenolic OH excluding ortho intramolecular Hbond substituents is 1. The van der Waals surface area contributed by atoms with Crippen LogP contribution in [0.1, 0.15) is 18.1 Å². The van der Waals surface area contributed by atoms with Crippen molar-refractivity contribution in [3.8, 4) is 11.5 Å². The summed E-state index contributed by atoms with van der Waals surface area (Å²) in [6, 6.07) is 14.0. The highest BCUT2D eigenvalue weighted by molar-refractivity contribution is 6.16. The molecule has 0 radical (unpaired) electrons. The van der Waals surface area contributed by atoms with E-state index < -0.39 is 5.97 Å². The van der Waals surface area contributed by atoms with E-state index in [1.807, 2.05) is 24.3 Å². The molecule has 2 aromatic rings. The number of aromatic hydroxyl groups is 1. The fourth-order valence-electron chi connectivity index (χ4n) is 3.10. The lowest BCUT2D eigenvalue weighted by atomic mass is 10.0. The third-order valence-corrected chi connectivity index (χ3v) is 4.64. The summed E-state index contributed by atoms with van der Waals surface area (Å²) in [5.41, 5.74) is 2.24. The van der Waals surface area contributed by atoms with Crippen LogP contribution >= 0.6 is 0 Å². The standard InChI is InChI=1S/C22H21NO5/c1-14-20(22(26)28-3)18(12-16-6-4-5-7-19(16)24)21(25)23(14)13-15-8-10-17(27-2)11-9-15/h4-12,24H,13H2,1-3H3/b18-12-. The van der Waals surface area contributed by atoms with E-state index in [4.69, 9.17) is 9.47 Å². The lowest BCUT2D eigenvalue weighted by Crippen LogP contribution is -2.24. The van der Waals surface area contributed by atoms with Gasteiger partial charge in [-0.2, -0.15) is 0 Å². The van der Waals surface area contributed by atoms with E-state index in [1.54, 1.807) is 32.2 Å². The fraction of sp³-hybridized carbons (Fsp3) is 0.182. The topological polar surface area (TPSA) is 76.1 Å². The molecule has 0 saturated heterocycles. The summed E-state index contributed by atoms with van der Waals surface area (Å²) < 4.78 is 10.0. The van der Waals surface area contributed by atoms with Crippen molar-refractivity contribution in [2.24, 2.45) is 0 Å². The van der Waals surface area contributed by atoms with Crippen LogP contribution in [-0.2, 0) is 20.9 Å². The first-order chi connectivity index (χ1) is 13.5. The Bertz CT molecular complexity index is 973. The van der Waals surface area contributed by atoms with Gasteiger partial charge in [-0.15, -0.1) is 0 Å². The van der Waals surface area contributed by atoms with Crippen LogP contribution in [-0.4, -0.2) is 36.1 Å². The predicted octanol–water partition coefficient (Wildman–Crippen LogP) is 3.27. The van der Waals surface area contributed by atoms with E-state index in [9.17, 15) is 14.7 Å². The summed E-state index contributed by atoms with van der Waals surface area (Å²) in [6.07, 6.45) is 1.52. The molecule has 0 fully saturated rings. The Morgan fingerprint density at radius 3 is 2.39 bits per heavy atom. The van der Waals surface area contributed by atoms with Gasteiger partial charge in [0.2, 0.25) is 0 Å². The van der Waals surface area contributed by atoms with Crippen LogP contribution < -0.4 is 4.74 Å². The average Bonchev–Trinajstić information content (AvgIpc) is 2.94. The van der Waals surface area contributed by atoms with Gasteiger partial charge >= 0.3 is 5.97 Å². The minimum Gasteiger partial charge on any atom is -0.507 e. The van der Waals surface area contributed by atoms with Crippen LogP contribution in [0.4, 0.5) is 0 Å². The zero-order valence-corrected chi connectivity index (χ0v) is 15.9. The number of amides is 1. The van der Waals surface area contributed by atoms with Gasteiger partial charge in [-0.3, -0.25) is 4.79 Å². The summed E-state index contributed by atoms with van der Waals surface area (Å²) in [4.78, 5) is 27.0. The average molecular weight is 379 g/mol. The molecule has 1 aliphatic rings. The minimum atomic E-state index is -0.593. The van der Waals surface area contributed by atoms with Crippen molar-refractivity contribution < 1.29 is 24.2 Å². The molecule has 0 unspecified atom stereocenters. The highest BCUT2D eigenvalue weighted by Crippen LogP contribution is 2.34.